The van der Waals surface area contributed by atoms with Gasteiger partial charge in [-0.3, -0.25) is 0 Å². The lowest BCUT2D eigenvalue weighted by Crippen LogP contribution is -2.00. The van der Waals surface area contributed by atoms with Gasteiger partial charge in [0.2, 0.25) is 6.79 Å². The molecule has 0 amide bonds. The minimum Gasteiger partial charge on any atom is -0.454 e. The third-order valence-corrected chi connectivity index (χ3v) is 2.11. The molecule has 0 aliphatic carbocycles. The summed E-state index contributed by atoms with van der Waals surface area (Å²) in [5, 5.41) is 0. The predicted octanol–water partition coefficient (Wildman–Crippen LogP) is 1.31. The van der Waals surface area contributed by atoms with Gasteiger partial charge in [-0.05, 0) is 37.1 Å². The van der Waals surface area contributed by atoms with E-state index in [1.165, 1.54) is 5.56 Å². The van der Waals surface area contributed by atoms with Crippen molar-refractivity contribution in [3.05, 3.63) is 23.8 Å². The van der Waals surface area contributed by atoms with Crippen LogP contribution in [0.3, 0.4) is 0 Å². The van der Waals surface area contributed by atoms with Crippen LogP contribution >= 0.6 is 0 Å². The maximum atomic E-state index is 5.43. The third-order valence-electron chi connectivity index (χ3n) is 2.11. The van der Waals surface area contributed by atoms with Crippen molar-refractivity contribution in [1.82, 2.24) is 0 Å². The first-order valence-corrected chi connectivity index (χ1v) is 4.49. The standard InChI is InChI=1S/C10H13NO2/c11-5-1-2-8-3-4-9-10(6-8)13-7-12-9/h3-4,6H,1-2,5,7,11H2. The van der Waals surface area contributed by atoms with Crippen molar-refractivity contribution < 1.29 is 9.47 Å². The predicted molar refractivity (Wildman–Crippen MR) is 49.9 cm³/mol. The smallest absolute Gasteiger partial charge is 0.231 e. The van der Waals surface area contributed by atoms with E-state index in [2.05, 4.69) is 6.07 Å². The molecule has 0 spiro atoms. The number of hydrogen-bond acceptors (Lipinski definition) is 3. The maximum Gasteiger partial charge on any atom is 0.231 e. The Morgan fingerprint density at radius 1 is 1.23 bits per heavy atom. The van der Waals surface area contributed by atoms with Crippen molar-refractivity contribution >= 4 is 0 Å². The van der Waals surface area contributed by atoms with Crippen LogP contribution in [0.25, 0.3) is 0 Å². The maximum absolute atomic E-state index is 5.43. The van der Waals surface area contributed by atoms with Crippen LogP contribution in [0, 0.1) is 0 Å². The van der Waals surface area contributed by atoms with Crippen LogP contribution in [0.15, 0.2) is 18.2 Å². The van der Waals surface area contributed by atoms with Gasteiger partial charge in [0.25, 0.3) is 0 Å². The van der Waals surface area contributed by atoms with E-state index in [9.17, 15) is 0 Å². The molecule has 0 unspecified atom stereocenters. The molecule has 1 aromatic carbocycles. The van der Waals surface area contributed by atoms with Gasteiger partial charge >= 0.3 is 0 Å². The summed E-state index contributed by atoms with van der Waals surface area (Å²) in [7, 11) is 0. The highest BCUT2D eigenvalue weighted by Gasteiger charge is 2.12. The Hall–Kier alpha value is -1.22. The molecule has 2 rings (SSSR count). The Morgan fingerprint density at radius 2 is 2.08 bits per heavy atom. The van der Waals surface area contributed by atoms with Crippen molar-refractivity contribution in [2.45, 2.75) is 12.8 Å². The van der Waals surface area contributed by atoms with Gasteiger partial charge in [-0.2, -0.15) is 0 Å². The summed E-state index contributed by atoms with van der Waals surface area (Å²) in [6.07, 6.45) is 2.02. The Labute approximate surface area is 77.5 Å². The summed E-state index contributed by atoms with van der Waals surface area (Å²) < 4.78 is 10.5. The molecule has 1 aromatic rings. The zero-order chi connectivity index (χ0) is 9.10. The highest BCUT2D eigenvalue weighted by atomic mass is 16.7. The fraction of sp³-hybridized carbons (Fsp3) is 0.400. The number of nitrogens with two attached hydrogens (primary N) is 1. The van der Waals surface area contributed by atoms with Gasteiger partial charge in [0, 0.05) is 0 Å². The van der Waals surface area contributed by atoms with E-state index in [1.54, 1.807) is 0 Å². The van der Waals surface area contributed by atoms with E-state index in [0.29, 0.717) is 6.79 Å². The second kappa shape index (κ2) is 3.66. The summed E-state index contributed by atoms with van der Waals surface area (Å²) in [5.74, 6) is 1.70. The highest BCUT2D eigenvalue weighted by molar-refractivity contribution is 5.44. The van der Waals surface area contributed by atoms with E-state index >= 15 is 0 Å². The molecule has 0 aromatic heterocycles. The van der Waals surface area contributed by atoms with E-state index in [0.717, 1.165) is 30.9 Å². The number of aryl methyl sites for hydroxylation is 1. The number of benzene rings is 1. The van der Waals surface area contributed by atoms with E-state index in [-0.39, 0.29) is 0 Å². The number of rotatable bonds is 3. The first-order valence-electron chi connectivity index (χ1n) is 4.49. The molecule has 3 heteroatoms. The molecule has 0 bridgehead atoms. The van der Waals surface area contributed by atoms with Crippen molar-refractivity contribution in [2.75, 3.05) is 13.3 Å². The summed E-state index contributed by atoms with van der Waals surface area (Å²) in [4.78, 5) is 0. The first-order chi connectivity index (χ1) is 6.40. The van der Waals surface area contributed by atoms with Crippen LogP contribution in [0.1, 0.15) is 12.0 Å². The highest BCUT2D eigenvalue weighted by Crippen LogP contribution is 2.32. The van der Waals surface area contributed by atoms with E-state index in [1.807, 2.05) is 12.1 Å². The van der Waals surface area contributed by atoms with Crippen LogP contribution in [0.5, 0.6) is 11.5 Å². The van der Waals surface area contributed by atoms with Crippen LogP contribution in [0.4, 0.5) is 0 Å². The zero-order valence-electron chi connectivity index (χ0n) is 7.45. The fourth-order valence-corrected chi connectivity index (χ4v) is 1.40. The first kappa shape index (κ1) is 8.38. The molecule has 1 aliphatic heterocycles. The molecule has 0 radical (unpaired) electrons. The van der Waals surface area contributed by atoms with Gasteiger partial charge in [0.15, 0.2) is 11.5 Å². The molecule has 3 nitrogen and oxygen atoms in total. The van der Waals surface area contributed by atoms with Crippen molar-refractivity contribution in [1.29, 1.82) is 0 Å². The Balaban J connectivity index is 2.12. The van der Waals surface area contributed by atoms with E-state index < -0.39 is 0 Å². The average Bonchev–Trinajstić information content (AvgIpc) is 2.61. The second-order valence-electron chi connectivity index (χ2n) is 3.08. The molecule has 13 heavy (non-hydrogen) atoms. The molecule has 70 valence electrons. The molecule has 0 atom stereocenters. The fourth-order valence-electron chi connectivity index (χ4n) is 1.40. The largest absolute Gasteiger partial charge is 0.454 e. The molecular weight excluding hydrogens is 166 g/mol. The zero-order valence-corrected chi connectivity index (χ0v) is 7.45. The van der Waals surface area contributed by atoms with Gasteiger partial charge in [-0.15, -0.1) is 0 Å². The summed E-state index contributed by atoms with van der Waals surface area (Å²) >= 11 is 0. The second-order valence-corrected chi connectivity index (χ2v) is 3.08. The average molecular weight is 179 g/mol. The Kier molecular flexibility index (Phi) is 2.36. The minimum atomic E-state index is 0.343. The van der Waals surface area contributed by atoms with Crippen molar-refractivity contribution in [3.8, 4) is 11.5 Å². The quantitative estimate of drug-likeness (QED) is 0.760. The molecular formula is C10H13NO2. The van der Waals surface area contributed by atoms with Gasteiger partial charge < -0.3 is 15.2 Å². The normalized spacial score (nSPS) is 13.3. The molecule has 0 saturated heterocycles. The van der Waals surface area contributed by atoms with Crippen LogP contribution in [-0.2, 0) is 6.42 Å². The lowest BCUT2D eigenvalue weighted by atomic mass is 10.1. The van der Waals surface area contributed by atoms with Crippen LogP contribution in [-0.4, -0.2) is 13.3 Å². The molecule has 0 saturated carbocycles. The summed E-state index contributed by atoms with van der Waals surface area (Å²) in [6, 6.07) is 6.04. The van der Waals surface area contributed by atoms with Gasteiger partial charge in [-0.25, -0.2) is 0 Å². The lowest BCUT2D eigenvalue weighted by Gasteiger charge is -2.01. The minimum absolute atomic E-state index is 0.343. The number of ether oxygens (including phenoxy) is 2. The molecule has 1 aliphatic rings. The molecule has 2 N–H and O–H groups in total. The summed E-state index contributed by atoms with van der Waals surface area (Å²) in [5.41, 5.74) is 6.69. The van der Waals surface area contributed by atoms with Gasteiger partial charge in [0.05, 0.1) is 0 Å². The Bertz CT molecular complexity index is 299. The number of fused-ring (bicyclic) bond motifs is 1. The topological polar surface area (TPSA) is 44.5 Å². The van der Waals surface area contributed by atoms with Crippen LogP contribution < -0.4 is 15.2 Å². The van der Waals surface area contributed by atoms with Gasteiger partial charge in [0.1, 0.15) is 0 Å². The lowest BCUT2D eigenvalue weighted by molar-refractivity contribution is 0.174. The molecule has 0 fully saturated rings. The SMILES string of the molecule is NCCCc1ccc2c(c1)OCO2. The molecule has 1 heterocycles. The monoisotopic (exact) mass is 179 g/mol. The van der Waals surface area contributed by atoms with Crippen molar-refractivity contribution in [3.63, 3.8) is 0 Å². The van der Waals surface area contributed by atoms with Gasteiger partial charge in [-0.1, -0.05) is 6.07 Å². The number of hydrogen-bond donors (Lipinski definition) is 1. The van der Waals surface area contributed by atoms with Crippen molar-refractivity contribution in [2.24, 2.45) is 5.73 Å². The van der Waals surface area contributed by atoms with E-state index in [4.69, 9.17) is 15.2 Å². The Morgan fingerprint density at radius 3 is 2.92 bits per heavy atom. The van der Waals surface area contributed by atoms with Crippen LogP contribution in [0.2, 0.25) is 0 Å². The summed E-state index contributed by atoms with van der Waals surface area (Å²) in [6.45, 7) is 1.07. The third kappa shape index (κ3) is 1.75.